The molecule has 0 heterocycles. The molecule has 0 aliphatic carbocycles. The van der Waals surface area contributed by atoms with Gasteiger partial charge in [-0.2, -0.15) is 0 Å². The molecule has 1 atom stereocenters. The average Bonchev–Trinajstić information content (AvgIpc) is 2.37. The SMILES string of the molecule is CCOc1cccc(CNC(=O)C[S@](=O)CC)c1. The van der Waals surface area contributed by atoms with Crippen LogP contribution in [0.25, 0.3) is 0 Å². The van der Waals surface area contributed by atoms with E-state index in [1.807, 2.05) is 31.2 Å². The first-order valence-corrected chi connectivity index (χ1v) is 7.48. The van der Waals surface area contributed by atoms with Crippen LogP contribution < -0.4 is 10.1 Å². The lowest BCUT2D eigenvalue weighted by atomic mass is 10.2. The summed E-state index contributed by atoms with van der Waals surface area (Å²) in [7, 11) is -1.06. The first-order valence-electron chi connectivity index (χ1n) is 5.99. The van der Waals surface area contributed by atoms with Crippen LogP contribution in [0.3, 0.4) is 0 Å². The molecule has 1 amide bonds. The van der Waals surface area contributed by atoms with E-state index in [0.29, 0.717) is 18.9 Å². The number of carbonyl (C=O) groups is 1. The molecular formula is C13H19NO3S. The van der Waals surface area contributed by atoms with Crippen molar-refractivity contribution in [1.29, 1.82) is 0 Å². The highest BCUT2D eigenvalue weighted by atomic mass is 32.2. The Kier molecular flexibility index (Phi) is 6.43. The van der Waals surface area contributed by atoms with Crippen LogP contribution in [0, 0.1) is 0 Å². The number of hydrogen-bond donors (Lipinski definition) is 1. The monoisotopic (exact) mass is 269 g/mol. The van der Waals surface area contributed by atoms with Crippen LogP contribution in [-0.2, 0) is 22.1 Å². The van der Waals surface area contributed by atoms with Crippen molar-refractivity contribution in [2.24, 2.45) is 0 Å². The second-order valence-electron chi connectivity index (χ2n) is 3.73. The molecule has 1 N–H and O–H groups in total. The lowest BCUT2D eigenvalue weighted by Crippen LogP contribution is -2.28. The number of carbonyl (C=O) groups excluding carboxylic acids is 1. The van der Waals surface area contributed by atoms with Crippen molar-refractivity contribution in [1.82, 2.24) is 5.32 Å². The van der Waals surface area contributed by atoms with Crippen LogP contribution in [0.2, 0.25) is 0 Å². The van der Waals surface area contributed by atoms with E-state index in [4.69, 9.17) is 4.74 Å². The summed E-state index contributed by atoms with van der Waals surface area (Å²) in [4.78, 5) is 11.5. The smallest absolute Gasteiger partial charge is 0.232 e. The van der Waals surface area contributed by atoms with Crippen molar-refractivity contribution >= 4 is 16.7 Å². The first-order chi connectivity index (χ1) is 8.65. The maximum atomic E-state index is 11.5. The number of nitrogens with one attached hydrogen (secondary N) is 1. The Bertz CT molecular complexity index is 420. The van der Waals surface area contributed by atoms with Gasteiger partial charge in [-0.25, -0.2) is 0 Å². The topological polar surface area (TPSA) is 55.4 Å². The fourth-order valence-corrected chi connectivity index (χ4v) is 2.01. The van der Waals surface area contributed by atoms with E-state index >= 15 is 0 Å². The fraction of sp³-hybridized carbons (Fsp3) is 0.462. The number of ether oxygens (including phenoxy) is 1. The van der Waals surface area contributed by atoms with Gasteiger partial charge in [-0.05, 0) is 24.6 Å². The van der Waals surface area contributed by atoms with Crippen LogP contribution in [0.1, 0.15) is 19.4 Å². The van der Waals surface area contributed by atoms with Crippen molar-refractivity contribution in [2.45, 2.75) is 20.4 Å². The molecule has 1 aromatic carbocycles. The van der Waals surface area contributed by atoms with Crippen LogP contribution >= 0.6 is 0 Å². The van der Waals surface area contributed by atoms with Crippen LogP contribution in [-0.4, -0.2) is 28.2 Å². The van der Waals surface area contributed by atoms with Gasteiger partial charge in [0.25, 0.3) is 0 Å². The highest BCUT2D eigenvalue weighted by Gasteiger charge is 2.05. The second kappa shape index (κ2) is 7.87. The van der Waals surface area contributed by atoms with Gasteiger partial charge in [0.05, 0.1) is 6.61 Å². The summed E-state index contributed by atoms with van der Waals surface area (Å²) in [6.07, 6.45) is 0. The van der Waals surface area contributed by atoms with Gasteiger partial charge in [-0.15, -0.1) is 0 Å². The van der Waals surface area contributed by atoms with Crippen LogP contribution in [0.15, 0.2) is 24.3 Å². The van der Waals surface area contributed by atoms with E-state index in [1.54, 1.807) is 6.92 Å². The molecule has 100 valence electrons. The average molecular weight is 269 g/mol. The normalized spacial score (nSPS) is 11.9. The van der Waals surface area contributed by atoms with Crippen molar-refractivity contribution < 1.29 is 13.7 Å². The predicted octanol–water partition coefficient (Wildman–Crippen LogP) is 1.47. The quantitative estimate of drug-likeness (QED) is 0.815. The van der Waals surface area contributed by atoms with Crippen LogP contribution in [0.4, 0.5) is 0 Å². The number of benzene rings is 1. The number of amides is 1. The van der Waals surface area contributed by atoms with E-state index in [-0.39, 0.29) is 11.7 Å². The molecular weight excluding hydrogens is 250 g/mol. The fourth-order valence-electron chi connectivity index (χ4n) is 1.41. The molecule has 0 aliphatic rings. The van der Waals surface area contributed by atoms with Gasteiger partial charge in [0.15, 0.2) is 0 Å². The molecule has 4 nitrogen and oxygen atoms in total. The molecule has 5 heteroatoms. The highest BCUT2D eigenvalue weighted by Crippen LogP contribution is 2.12. The molecule has 0 bridgehead atoms. The predicted molar refractivity (Wildman–Crippen MR) is 73.0 cm³/mol. The maximum Gasteiger partial charge on any atom is 0.232 e. The second-order valence-corrected chi connectivity index (χ2v) is 5.48. The van der Waals surface area contributed by atoms with Gasteiger partial charge < -0.3 is 10.1 Å². The summed E-state index contributed by atoms with van der Waals surface area (Å²) in [5.74, 6) is 1.19. The third-order valence-corrected chi connectivity index (χ3v) is 3.54. The minimum Gasteiger partial charge on any atom is -0.494 e. The molecule has 1 rings (SSSR count). The molecule has 0 unspecified atom stereocenters. The Balaban J connectivity index is 2.45. The Morgan fingerprint density at radius 1 is 1.39 bits per heavy atom. The van der Waals surface area contributed by atoms with Gasteiger partial charge in [0.2, 0.25) is 5.91 Å². The Labute approximate surface area is 110 Å². The molecule has 0 aromatic heterocycles. The van der Waals surface area contributed by atoms with E-state index in [9.17, 15) is 9.00 Å². The lowest BCUT2D eigenvalue weighted by molar-refractivity contribution is -0.118. The summed E-state index contributed by atoms with van der Waals surface area (Å²) in [5, 5.41) is 2.75. The minimum absolute atomic E-state index is 0.0711. The van der Waals surface area contributed by atoms with Crippen LogP contribution in [0.5, 0.6) is 5.75 Å². The van der Waals surface area contributed by atoms with Gasteiger partial charge in [0, 0.05) is 23.1 Å². The summed E-state index contributed by atoms with van der Waals surface area (Å²) in [6, 6.07) is 7.57. The molecule has 0 radical (unpaired) electrons. The van der Waals surface area contributed by atoms with Crippen molar-refractivity contribution in [3.8, 4) is 5.75 Å². The molecule has 0 saturated carbocycles. The Hall–Kier alpha value is -1.36. The first kappa shape index (κ1) is 14.7. The van der Waals surface area contributed by atoms with Crippen molar-refractivity contribution in [3.63, 3.8) is 0 Å². The molecule has 1 aromatic rings. The zero-order valence-electron chi connectivity index (χ0n) is 10.8. The zero-order valence-corrected chi connectivity index (χ0v) is 11.6. The van der Waals surface area contributed by atoms with E-state index in [1.165, 1.54) is 0 Å². The summed E-state index contributed by atoms with van der Waals surface area (Å²) in [5.41, 5.74) is 0.969. The van der Waals surface area contributed by atoms with E-state index < -0.39 is 10.8 Å². The standard InChI is InChI=1S/C13H19NO3S/c1-3-17-12-7-5-6-11(8-12)9-14-13(15)10-18(16)4-2/h5-8H,3-4,9-10H2,1-2H3,(H,14,15)/t18-/m1/s1. The molecule has 0 aliphatic heterocycles. The van der Waals surface area contributed by atoms with Crippen molar-refractivity contribution in [3.05, 3.63) is 29.8 Å². The number of hydrogen-bond acceptors (Lipinski definition) is 3. The zero-order chi connectivity index (χ0) is 13.4. The highest BCUT2D eigenvalue weighted by molar-refractivity contribution is 7.85. The lowest BCUT2D eigenvalue weighted by Gasteiger charge is -2.07. The van der Waals surface area contributed by atoms with Gasteiger partial charge in [0.1, 0.15) is 11.5 Å². The summed E-state index contributed by atoms with van der Waals surface area (Å²) >= 11 is 0. The minimum atomic E-state index is -1.06. The van der Waals surface area contributed by atoms with Crippen molar-refractivity contribution in [2.75, 3.05) is 18.1 Å². The summed E-state index contributed by atoms with van der Waals surface area (Å²) < 4.78 is 16.6. The third-order valence-electron chi connectivity index (χ3n) is 2.31. The van der Waals surface area contributed by atoms with E-state index in [2.05, 4.69) is 5.32 Å². The largest absolute Gasteiger partial charge is 0.494 e. The molecule has 18 heavy (non-hydrogen) atoms. The number of rotatable bonds is 7. The van der Waals surface area contributed by atoms with Gasteiger partial charge in [-0.3, -0.25) is 9.00 Å². The third kappa shape index (κ3) is 5.31. The van der Waals surface area contributed by atoms with Gasteiger partial charge >= 0.3 is 0 Å². The van der Waals surface area contributed by atoms with Gasteiger partial charge in [-0.1, -0.05) is 19.1 Å². The molecule has 0 saturated heterocycles. The summed E-state index contributed by atoms with van der Waals surface area (Å²) in [6.45, 7) is 4.77. The van der Waals surface area contributed by atoms with E-state index in [0.717, 1.165) is 11.3 Å². The molecule has 0 fully saturated rings. The Morgan fingerprint density at radius 2 is 2.17 bits per heavy atom. The maximum absolute atomic E-state index is 11.5. The molecule has 0 spiro atoms. The Morgan fingerprint density at radius 3 is 2.83 bits per heavy atom.